The van der Waals surface area contributed by atoms with E-state index < -0.39 is 0 Å². The third-order valence-corrected chi connectivity index (χ3v) is 5.79. The molecule has 6 nitrogen and oxygen atoms in total. The SMILES string of the molecule is COc1cccc(/C=N\CCCCCCCCCCCC/N=C\c2cccc(OC)c2O)c1O. The molecule has 0 heterocycles. The third kappa shape index (κ3) is 9.86. The summed E-state index contributed by atoms with van der Waals surface area (Å²) in [6, 6.07) is 10.8. The van der Waals surface area contributed by atoms with Crippen LogP contribution in [0.25, 0.3) is 0 Å². The number of phenolic OH excluding ortho intramolecular Hbond substituents is 2. The van der Waals surface area contributed by atoms with E-state index in [1.807, 2.05) is 24.3 Å². The highest BCUT2D eigenvalue weighted by molar-refractivity contribution is 5.85. The minimum atomic E-state index is 0.148. The van der Waals surface area contributed by atoms with Crippen LogP contribution in [0.3, 0.4) is 0 Å². The molecule has 2 aromatic carbocycles. The van der Waals surface area contributed by atoms with Gasteiger partial charge in [-0.2, -0.15) is 0 Å². The molecule has 0 saturated heterocycles. The summed E-state index contributed by atoms with van der Waals surface area (Å²) in [5, 5.41) is 20.1. The summed E-state index contributed by atoms with van der Waals surface area (Å²) in [7, 11) is 3.09. The molecule has 0 radical (unpaired) electrons. The molecule has 34 heavy (non-hydrogen) atoms. The van der Waals surface area contributed by atoms with Crippen molar-refractivity contribution in [2.24, 2.45) is 9.98 Å². The van der Waals surface area contributed by atoms with Gasteiger partial charge in [-0.25, -0.2) is 0 Å². The Labute approximate surface area is 204 Å². The fourth-order valence-corrected chi connectivity index (χ4v) is 3.76. The van der Waals surface area contributed by atoms with E-state index in [2.05, 4.69) is 9.98 Å². The number of ether oxygens (including phenoxy) is 2. The van der Waals surface area contributed by atoms with Gasteiger partial charge in [-0.05, 0) is 37.1 Å². The number of aromatic hydroxyl groups is 2. The first-order chi connectivity index (χ1) is 16.7. The van der Waals surface area contributed by atoms with Crippen LogP contribution in [-0.2, 0) is 0 Å². The van der Waals surface area contributed by atoms with Gasteiger partial charge in [0.05, 0.1) is 14.2 Å². The second-order valence-corrected chi connectivity index (χ2v) is 8.40. The molecule has 0 aliphatic carbocycles. The monoisotopic (exact) mass is 468 g/mol. The molecule has 0 atom stereocenters. The first kappa shape index (κ1) is 27.2. The lowest BCUT2D eigenvalue weighted by molar-refractivity contribution is 0.373. The van der Waals surface area contributed by atoms with Crippen molar-refractivity contribution in [3.63, 3.8) is 0 Å². The molecule has 0 amide bonds. The molecule has 0 aromatic heterocycles. The van der Waals surface area contributed by atoms with Crippen LogP contribution in [0.5, 0.6) is 23.0 Å². The Kier molecular flexibility index (Phi) is 13.3. The molecule has 0 unspecified atom stereocenters. The van der Waals surface area contributed by atoms with Gasteiger partial charge >= 0.3 is 0 Å². The lowest BCUT2D eigenvalue weighted by Gasteiger charge is -2.05. The highest BCUT2D eigenvalue weighted by Gasteiger charge is 2.05. The highest BCUT2D eigenvalue weighted by atomic mass is 16.5. The van der Waals surface area contributed by atoms with E-state index in [1.54, 1.807) is 38.8 Å². The zero-order valence-electron chi connectivity index (χ0n) is 20.7. The molecule has 2 aromatic rings. The fourth-order valence-electron chi connectivity index (χ4n) is 3.76. The molecule has 0 bridgehead atoms. The third-order valence-electron chi connectivity index (χ3n) is 5.79. The Balaban J connectivity index is 1.41. The van der Waals surface area contributed by atoms with Crippen LogP contribution >= 0.6 is 0 Å². The number of aliphatic imine (C=N–C) groups is 2. The smallest absolute Gasteiger partial charge is 0.166 e. The van der Waals surface area contributed by atoms with Gasteiger partial charge < -0.3 is 19.7 Å². The largest absolute Gasteiger partial charge is 0.504 e. The van der Waals surface area contributed by atoms with Crippen LogP contribution < -0.4 is 9.47 Å². The quantitative estimate of drug-likeness (QED) is 0.204. The van der Waals surface area contributed by atoms with Crippen molar-refractivity contribution >= 4 is 12.4 Å². The van der Waals surface area contributed by atoms with Crippen LogP contribution in [0.15, 0.2) is 46.4 Å². The predicted molar refractivity (Wildman–Crippen MR) is 140 cm³/mol. The van der Waals surface area contributed by atoms with Crippen molar-refractivity contribution < 1.29 is 19.7 Å². The Morgan fingerprint density at radius 2 is 0.941 bits per heavy atom. The number of hydrogen-bond acceptors (Lipinski definition) is 6. The van der Waals surface area contributed by atoms with E-state index in [0.29, 0.717) is 22.6 Å². The average Bonchev–Trinajstić information content (AvgIpc) is 2.85. The summed E-state index contributed by atoms with van der Waals surface area (Å²) >= 11 is 0. The molecule has 2 N–H and O–H groups in total. The number of methoxy groups -OCH3 is 2. The maximum absolute atomic E-state index is 10.0. The molecular formula is C28H40N2O4. The summed E-state index contributed by atoms with van der Waals surface area (Å²) < 4.78 is 10.2. The van der Waals surface area contributed by atoms with Gasteiger partial charge in [-0.3, -0.25) is 9.98 Å². The number of benzene rings is 2. The van der Waals surface area contributed by atoms with Crippen molar-refractivity contribution in [3.8, 4) is 23.0 Å². The highest BCUT2D eigenvalue weighted by Crippen LogP contribution is 2.28. The molecule has 0 aliphatic rings. The summed E-state index contributed by atoms with van der Waals surface area (Å²) in [4.78, 5) is 8.86. The van der Waals surface area contributed by atoms with Crippen LogP contribution in [0.2, 0.25) is 0 Å². The van der Waals surface area contributed by atoms with Crippen molar-refractivity contribution in [2.75, 3.05) is 27.3 Å². The van der Waals surface area contributed by atoms with Gasteiger partial charge in [-0.1, -0.05) is 63.5 Å². The summed E-state index contributed by atoms with van der Waals surface area (Å²) in [5.41, 5.74) is 1.39. The van der Waals surface area contributed by atoms with Crippen molar-refractivity contribution in [2.45, 2.75) is 64.2 Å². The Morgan fingerprint density at radius 1 is 0.588 bits per heavy atom. The summed E-state index contributed by atoms with van der Waals surface area (Å²) in [6.45, 7) is 1.58. The maximum atomic E-state index is 10.0. The summed E-state index contributed by atoms with van der Waals surface area (Å²) in [6.07, 6.45) is 15.7. The van der Waals surface area contributed by atoms with Gasteiger partial charge in [-0.15, -0.1) is 0 Å². The minimum Gasteiger partial charge on any atom is -0.504 e. The number of rotatable bonds is 17. The number of hydrogen-bond donors (Lipinski definition) is 2. The second-order valence-electron chi connectivity index (χ2n) is 8.40. The van der Waals surface area contributed by atoms with Gasteiger partial charge in [0, 0.05) is 36.6 Å². The summed E-state index contributed by atoms with van der Waals surface area (Å²) in [5.74, 6) is 1.25. The molecule has 2 rings (SSSR count). The minimum absolute atomic E-state index is 0.148. The van der Waals surface area contributed by atoms with Gasteiger partial charge in [0.15, 0.2) is 23.0 Å². The van der Waals surface area contributed by atoms with Crippen LogP contribution in [0, 0.1) is 0 Å². The van der Waals surface area contributed by atoms with Gasteiger partial charge in [0.25, 0.3) is 0 Å². The Morgan fingerprint density at radius 3 is 1.29 bits per heavy atom. The van der Waals surface area contributed by atoms with E-state index in [-0.39, 0.29) is 11.5 Å². The Hall–Kier alpha value is -3.02. The first-order valence-electron chi connectivity index (χ1n) is 12.4. The molecule has 6 heteroatoms. The predicted octanol–water partition coefficient (Wildman–Crippen LogP) is 6.55. The molecule has 0 fully saturated rings. The standard InChI is InChI=1S/C28H40N2O4/c1-33-25-17-13-15-23(27(25)31)21-29-19-11-9-7-5-3-4-6-8-10-12-20-30-22-24-16-14-18-26(34-2)28(24)32/h13-18,21-22,31-32H,3-12,19-20H2,1-2H3/b29-21-,30-22-. The molecule has 0 saturated carbocycles. The van der Waals surface area contributed by atoms with Crippen molar-refractivity contribution in [1.29, 1.82) is 0 Å². The fraction of sp³-hybridized carbons (Fsp3) is 0.500. The van der Waals surface area contributed by atoms with Crippen molar-refractivity contribution in [1.82, 2.24) is 0 Å². The van der Waals surface area contributed by atoms with E-state index in [9.17, 15) is 10.2 Å². The molecule has 186 valence electrons. The number of para-hydroxylation sites is 2. The normalized spacial score (nSPS) is 11.5. The van der Waals surface area contributed by atoms with Crippen LogP contribution in [0.4, 0.5) is 0 Å². The van der Waals surface area contributed by atoms with Gasteiger partial charge in [0.1, 0.15) is 0 Å². The lowest BCUT2D eigenvalue weighted by Crippen LogP contribution is -1.90. The zero-order valence-corrected chi connectivity index (χ0v) is 20.7. The zero-order chi connectivity index (χ0) is 24.4. The number of nitrogens with zero attached hydrogens (tertiary/aromatic N) is 2. The van der Waals surface area contributed by atoms with Crippen LogP contribution in [-0.4, -0.2) is 50.0 Å². The van der Waals surface area contributed by atoms with Crippen LogP contribution in [0.1, 0.15) is 75.3 Å². The van der Waals surface area contributed by atoms with E-state index >= 15 is 0 Å². The molecule has 0 aliphatic heterocycles. The maximum Gasteiger partial charge on any atom is 0.166 e. The topological polar surface area (TPSA) is 83.6 Å². The van der Waals surface area contributed by atoms with E-state index in [0.717, 1.165) is 25.9 Å². The molecular weight excluding hydrogens is 428 g/mol. The van der Waals surface area contributed by atoms with E-state index in [1.165, 1.54) is 51.4 Å². The number of phenols is 2. The Bertz CT molecular complexity index is 822. The second kappa shape index (κ2) is 16.6. The van der Waals surface area contributed by atoms with Gasteiger partial charge in [0.2, 0.25) is 0 Å². The average molecular weight is 469 g/mol. The lowest BCUT2D eigenvalue weighted by atomic mass is 10.1. The van der Waals surface area contributed by atoms with Crippen molar-refractivity contribution in [3.05, 3.63) is 47.5 Å². The number of unbranched alkanes of at least 4 members (excludes halogenated alkanes) is 9. The van der Waals surface area contributed by atoms with E-state index in [4.69, 9.17) is 9.47 Å². The molecule has 0 spiro atoms. The first-order valence-corrected chi connectivity index (χ1v) is 12.4.